The largest absolute Gasteiger partial charge is 0.350 e. The van der Waals surface area contributed by atoms with Gasteiger partial charge in [0.25, 0.3) is 0 Å². The van der Waals surface area contributed by atoms with Crippen LogP contribution in [0.2, 0.25) is 0 Å². The van der Waals surface area contributed by atoms with Crippen molar-refractivity contribution < 1.29 is 4.92 Å². The molecule has 1 heterocycles. The molecule has 0 spiro atoms. The van der Waals surface area contributed by atoms with E-state index in [1.807, 2.05) is 6.92 Å². The minimum Gasteiger partial charge on any atom is -0.350 e. The Hall–Kier alpha value is -2.47. The van der Waals surface area contributed by atoms with Gasteiger partial charge in [-0.3, -0.25) is 15.5 Å². The number of aryl methyl sites for hydroxylation is 1. The average Bonchev–Trinajstić information content (AvgIpc) is 2.42. The molecule has 0 amide bonds. The predicted octanol–water partition coefficient (Wildman–Crippen LogP) is 0.965. The van der Waals surface area contributed by atoms with Crippen LogP contribution < -0.4 is 16.2 Å². The van der Waals surface area contributed by atoms with Crippen LogP contribution in [0.5, 0.6) is 0 Å². The monoisotopic (exact) mass is 279 g/mol. The van der Waals surface area contributed by atoms with Crippen molar-refractivity contribution in [3.8, 4) is 6.07 Å². The second kappa shape index (κ2) is 6.63. The van der Waals surface area contributed by atoms with Crippen molar-refractivity contribution in [2.75, 3.05) is 23.4 Å². The molecule has 0 saturated heterocycles. The molecular weight excluding hydrogens is 262 g/mol. The maximum Gasteiger partial charge on any atom is 0.332 e. The standard InChI is InChI=1S/C11H17N7O2/c1-4-17(6-7(2)5-12)10-9(18(19)20)8(3)14-11(15-10)16-13/h7H,4,6,13H2,1-3H3,(H,14,15,16). The van der Waals surface area contributed by atoms with Gasteiger partial charge in [-0.05, 0) is 20.8 Å². The normalized spacial score (nSPS) is 11.6. The number of nitro groups is 1. The SMILES string of the molecule is CCN(CC(C)C#N)c1nc(NN)nc(C)c1[N+](=O)[O-]. The predicted molar refractivity (Wildman–Crippen MR) is 73.9 cm³/mol. The Labute approximate surface area is 116 Å². The number of nitrogens with zero attached hydrogens (tertiary/aromatic N) is 5. The first-order valence-corrected chi connectivity index (χ1v) is 6.08. The summed E-state index contributed by atoms with van der Waals surface area (Å²) in [5, 5.41) is 20.1. The number of aromatic nitrogens is 2. The number of hydrogen-bond acceptors (Lipinski definition) is 8. The van der Waals surface area contributed by atoms with Crippen LogP contribution in [-0.4, -0.2) is 28.0 Å². The van der Waals surface area contributed by atoms with Gasteiger partial charge < -0.3 is 4.90 Å². The molecule has 0 aliphatic heterocycles. The first kappa shape index (κ1) is 15.6. The molecule has 9 heteroatoms. The van der Waals surface area contributed by atoms with Crippen LogP contribution in [0, 0.1) is 34.3 Å². The summed E-state index contributed by atoms with van der Waals surface area (Å²) in [6, 6.07) is 2.10. The van der Waals surface area contributed by atoms with E-state index in [9.17, 15) is 10.1 Å². The summed E-state index contributed by atoms with van der Waals surface area (Å²) < 4.78 is 0. The number of anilines is 2. The lowest BCUT2D eigenvalue weighted by molar-refractivity contribution is -0.385. The zero-order chi connectivity index (χ0) is 15.3. The zero-order valence-corrected chi connectivity index (χ0v) is 11.6. The van der Waals surface area contributed by atoms with E-state index < -0.39 is 4.92 Å². The van der Waals surface area contributed by atoms with Crippen molar-refractivity contribution in [1.29, 1.82) is 5.26 Å². The average molecular weight is 279 g/mol. The van der Waals surface area contributed by atoms with Crippen LogP contribution in [0.4, 0.5) is 17.5 Å². The molecule has 0 aromatic carbocycles. The first-order chi connectivity index (χ1) is 9.44. The van der Waals surface area contributed by atoms with Gasteiger partial charge in [0.1, 0.15) is 5.69 Å². The van der Waals surface area contributed by atoms with E-state index in [1.165, 1.54) is 6.92 Å². The molecule has 1 aromatic rings. The summed E-state index contributed by atoms with van der Waals surface area (Å²) in [6.45, 7) is 5.92. The van der Waals surface area contributed by atoms with Crippen LogP contribution >= 0.6 is 0 Å². The molecule has 9 nitrogen and oxygen atoms in total. The molecule has 1 unspecified atom stereocenters. The molecule has 20 heavy (non-hydrogen) atoms. The maximum absolute atomic E-state index is 11.2. The van der Waals surface area contributed by atoms with E-state index in [0.717, 1.165) is 0 Å². The van der Waals surface area contributed by atoms with E-state index in [1.54, 1.807) is 11.8 Å². The van der Waals surface area contributed by atoms with Crippen molar-refractivity contribution in [3.05, 3.63) is 15.8 Å². The number of nitriles is 1. The maximum atomic E-state index is 11.2. The highest BCUT2D eigenvalue weighted by atomic mass is 16.6. The Kier molecular flexibility index (Phi) is 5.16. The van der Waals surface area contributed by atoms with Crippen molar-refractivity contribution >= 4 is 17.5 Å². The van der Waals surface area contributed by atoms with Crippen molar-refractivity contribution in [2.24, 2.45) is 11.8 Å². The van der Waals surface area contributed by atoms with Crippen molar-refractivity contribution in [2.45, 2.75) is 20.8 Å². The smallest absolute Gasteiger partial charge is 0.332 e. The molecule has 0 radical (unpaired) electrons. The first-order valence-electron chi connectivity index (χ1n) is 6.08. The van der Waals surface area contributed by atoms with Crippen LogP contribution in [0.25, 0.3) is 0 Å². The number of nitrogens with one attached hydrogen (secondary N) is 1. The van der Waals surface area contributed by atoms with Gasteiger partial charge >= 0.3 is 5.69 Å². The summed E-state index contributed by atoms with van der Waals surface area (Å²) in [4.78, 5) is 20.3. The van der Waals surface area contributed by atoms with Gasteiger partial charge in [-0.2, -0.15) is 10.2 Å². The van der Waals surface area contributed by atoms with Gasteiger partial charge in [-0.15, -0.1) is 0 Å². The van der Waals surface area contributed by atoms with E-state index in [0.29, 0.717) is 13.1 Å². The molecule has 0 saturated carbocycles. The molecule has 1 aromatic heterocycles. The minimum atomic E-state index is -0.523. The second-order valence-corrected chi connectivity index (χ2v) is 4.28. The molecule has 108 valence electrons. The summed E-state index contributed by atoms with van der Waals surface area (Å²) in [5.74, 6) is 5.26. The Bertz CT molecular complexity index is 540. The number of nitrogen functional groups attached to an aromatic ring is 1. The highest BCUT2D eigenvalue weighted by Gasteiger charge is 2.26. The second-order valence-electron chi connectivity index (χ2n) is 4.28. The molecule has 3 N–H and O–H groups in total. The molecular formula is C11H17N7O2. The fraction of sp³-hybridized carbons (Fsp3) is 0.545. The summed E-state index contributed by atoms with van der Waals surface area (Å²) in [6.07, 6.45) is 0. The molecule has 0 aliphatic carbocycles. The number of nitrogens with two attached hydrogens (primary N) is 1. The molecule has 0 aliphatic rings. The topological polar surface area (TPSA) is 134 Å². The highest BCUT2D eigenvalue weighted by Crippen LogP contribution is 2.30. The molecule has 1 atom stereocenters. The summed E-state index contributed by atoms with van der Waals surface area (Å²) in [7, 11) is 0. The Balaban J connectivity index is 3.34. The van der Waals surface area contributed by atoms with Gasteiger partial charge in [-0.1, -0.05) is 0 Å². The quantitative estimate of drug-likeness (QED) is 0.446. The van der Waals surface area contributed by atoms with Crippen LogP contribution in [0.15, 0.2) is 0 Å². The molecule has 0 fully saturated rings. The molecule has 0 bridgehead atoms. The van der Waals surface area contributed by atoms with Crippen molar-refractivity contribution in [3.63, 3.8) is 0 Å². The van der Waals surface area contributed by atoms with Gasteiger partial charge in [0.15, 0.2) is 0 Å². The van der Waals surface area contributed by atoms with Crippen molar-refractivity contribution in [1.82, 2.24) is 9.97 Å². The fourth-order valence-electron chi connectivity index (χ4n) is 1.79. The highest BCUT2D eigenvalue weighted by molar-refractivity contribution is 5.62. The Morgan fingerprint density at radius 2 is 2.25 bits per heavy atom. The zero-order valence-electron chi connectivity index (χ0n) is 11.6. The minimum absolute atomic E-state index is 0.103. The van der Waals surface area contributed by atoms with Gasteiger partial charge in [0.2, 0.25) is 11.8 Å². The van der Waals surface area contributed by atoms with E-state index in [4.69, 9.17) is 11.1 Å². The van der Waals surface area contributed by atoms with Crippen LogP contribution in [0.1, 0.15) is 19.5 Å². The fourth-order valence-corrected chi connectivity index (χ4v) is 1.79. The number of hydrazine groups is 1. The van der Waals surface area contributed by atoms with Gasteiger partial charge in [0, 0.05) is 13.1 Å². The van der Waals surface area contributed by atoms with Crippen LogP contribution in [0.3, 0.4) is 0 Å². The summed E-state index contributed by atoms with van der Waals surface area (Å²) >= 11 is 0. The van der Waals surface area contributed by atoms with Crippen LogP contribution in [-0.2, 0) is 0 Å². The molecule has 1 rings (SSSR count). The van der Waals surface area contributed by atoms with Gasteiger partial charge in [0.05, 0.1) is 16.9 Å². The summed E-state index contributed by atoms with van der Waals surface area (Å²) in [5.41, 5.74) is 2.33. The lowest BCUT2D eigenvalue weighted by Crippen LogP contribution is -2.30. The third-order valence-corrected chi connectivity index (χ3v) is 2.75. The Morgan fingerprint density at radius 1 is 1.60 bits per heavy atom. The van der Waals surface area contributed by atoms with E-state index >= 15 is 0 Å². The third-order valence-electron chi connectivity index (χ3n) is 2.75. The van der Waals surface area contributed by atoms with E-state index in [2.05, 4.69) is 21.5 Å². The lowest BCUT2D eigenvalue weighted by Gasteiger charge is -2.23. The Morgan fingerprint density at radius 3 is 2.70 bits per heavy atom. The van der Waals surface area contributed by atoms with Gasteiger partial charge in [-0.25, -0.2) is 10.8 Å². The number of rotatable bonds is 6. The lowest BCUT2D eigenvalue weighted by atomic mass is 10.2. The third kappa shape index (κ3) is 3.30. The van der Waals surface area contributed by atoms with E-state index in [-0.39, 0.29) is 29.1 Å². The number of hydrogen-bond donors (Lipinski definition) is 2.